The number of benzene rings is 2. The van der Waals surface area contributed by atoms with E-state index < -0.39 is 6.10 Å². The van der Waals surface area contributed by atoms with Gasteiger partial charge in [-0.1, -0.05) is 18.2 Å². The number of carbonyl (C=O) groups is 1. The van der Waals surface area contributed by atoms with Gasteiger partial charge in [-0.15, -0.1) is 0 Å². The summed E-state index contributed by atoms with van der Waals surface area (Å²) in [7, 11) is 0. The summed E-state index contributed by atoms with van der Waals surface area (Å²) in [5.74, 6) is 0.711. The molecule has 120 valence electrons. The first kappa shape index (κ1) is 15.4. The van der Waals surface area contributed by atoms with Gasteiger partial charge in [0.15, 0.2) is 6.10 Å². The third kappa shape index (κ3) is 2.77. The maximum Gasteiger partial charge on any atom is 0.268 e. The van der Waals surface area contributed by atoms with Crippen molar-refractivity contribution in [2.75, 3.05) is 17.2 Å². The van der Waals surface area contributed by atoms with Crippen LogP contribution in [0.15, 0.2) is 36.4 Å². The van der Waals surface area contributed by atoms with Crippen LogP contribution < -0.4 is 15.4 Å². The molecule has 0 bridgehead atoms. The lowest BCUT2D eigenvalue weighted by molar-refractivity contribution is -0.126. The fourth-order valence-corrected chi connectivity index (χ4v) is 3.03. The summed E-state index contributed by atoms with van der Waals surface area (Å²) in [5, 5.41) is 0. The highest BCUT2D eigenvalue weighted by atomic mass is 16.5. The molecule has 4 nitrogen and oxygen atoms in total. The van der Waals surface area contributed by atoms with Gasteiger partial charge in [-0.2, -0.15) is 0 Å². The molecule has 0 spiro atoms. The van der Waals surface area contributed by atoms with Gasteiger partial charge < -0.3 is 15.4 Å². The van der Waals surface area contributed by atoms with Crippen LogP contribution in [0.25, 0.3) is 0 Å². The minimum atomic E-state index is -0.494. The average Bonchev–Trinajstić information content (AvgIpc) is 2.53. The Morgan fingerprint density at radius 3 is 2.74 bits per heavy atom. The van der Waals surface area contributed by atoms with Crippen LogP contribution in [-0.2, 0) is 11.2 Å². The molecule has 3 rings (SSSR count). The maximum atomic E-state index is 12.8. The molecule has 0 saturated carbocycles. The first-order valence-corrected chi connectivity index (χ1v) is 7.94. The SMILES string of the molecule is CCN1C(=O)C(Cc2cccc(C)c2C)Oc2ccc(N)cc21. The van der Waals surface area contributed by atoms with E-state index in [9.17, 15) is 4.79 Å². The van der Waals surface area contributed by atoms with Gasteiger partial charge in [0, 0.05) is 18.7 Å². The zero-order valence-corrected chi connectivity index (χ0v) is 13.8. The first-order chi connectivity index (χ1) is 11.0. The average molecular weight is 310 g/mol. The lowest BCUT2D eigenvalue weighted by Crippen LogP contribution is -2.47. The third-order valence-corrected chi connectivity index (χ3v) is 4.52. The number of hydrogen-bond acceptors (Lipinski definition) is 3. The molecule has 1 unspecified atom stereocenters. The van der Waals surface area contributed by atoms with Crippen molar-refractivity contribution in [2.45, 2.75) is 33.3 Å². The normalized spacial score (nSPS) is 16.9. The highest BCUT2D eigenvalue weighted by molar-refractivity contribution is 6.00. The van der Waals surface area contributed by atoms with Gasteiger partial charge >= 0.3 is 0 Å². The maximum absolute atomic E-state index is 12.8. The number of ether oxygens (including phenoxy) is 1. The summed E-state index contributed by atoms with van der Waals surface area (Å²) in [6, 6.07) is 11.6. The number of carbonyl (C=O) groups excluding carboxylic acids is 1. The molecule has 1 heterocycles. The second-order valence-electron chi connectivity index (χ2n) is 5.98. The first-order valence-electron chi connectivity index (χ1n) is 7.94. The topological polar surface area (TPSA) is 55.6 Å². The molecule has 1 atom stereocenters. The van der Waals surface area contributed by atoms with Gasteiger partial charge in [-0.05, 0) is 55.7 Å². The number of anilines is 2. The van der Waals surface area contributed by atoms with Gasteiger partial charge in [0.25, 0.3) is 5.91 Å². The smallest absolute Gasteiger partial charge is 0.268 e. The van der Waals surface area contributed by atoms with E-state index in [2.05, 4.69) is 26.0 Å². The number of likely N-dealkylation sites (N-methyl/N-ethyl adjacent to an activating group) is 1. The molecule has 0 radical (unpaired) electrons. The molecule has 0 aliphatic carbocycles. The fraction of sp³-hybridized carbons (Fsp3) is 0.316. The minimum Gasteiger partial charge on any atom is -0.478 e. The van der Waals surface area contributed by atoms with Crippen LogP contribution in [0.5, 0.6) is 5.75 Å². The predicted octanol–water partition coefficient (Wildman–Crippen LogP) is 3.24. The number of amides is 1. The fourth-order valence-electron chi connectivity index (χ4n) is 3.03. The van der Waals surface area contributed by atoms with Crippen molar-refractivity contribution in [3.05, 3.63) is 53.1 Å². The minimum absolute atomic E-state index is 0.00786. The summed E-state index contributed by atoms with van der Waals surface area (Å²) >= 11 is 0. The molecule has 1 aliphatic heterocycles. The zero-order valence-electron chi connectivity index (χ0n) is 13.8. The van der Waals surface area contributed by atoms with Crippen molar-refractivity contribution in [3.8, 4) is 5.75 Å². The molecular formula is C19H22N2O2. The van der Waals surface area contributed by atoms with E-state index in [-0.39, 0.29) is 5.91 Å². The standard InChI is InChI=1S/C19H22N2O2/c1-4-21-16-11-15(20)8-9-17(16)23-18(19(21)22)10-14-7-5-6-12(2)13(14)3/h5-9,11,18H,4,10,20H2,1-3H3. The molecule has 2 N–H and O–H groups in total. The van der Waals surface area contributed by atoms with E-state index in [0.29, 0.717) is 18.7 Å². The van der Waals surface area contributed by atoms with Crippen molar-refractivity contribution in [2.24, 2.45) is 0 Å². The Hall–Kier alpha value is -2.49. The lowest BCUT2D eigenvalue weighted by Gasteiger charge is -2.34. The molecule has 2 aromatic carbocycles. The van der Waals surface area contributed by atoms with E-state index in [4.69, 9.17) is 10.5 Å². The molecule has 1 amide bonds. The number of nitrogen functional groups attached to an aromatic ring is 1. The van der Waals surface area contributed by atoms with Crippen LogP contribution in [0, 0.1) is 13.8 Å². The van der Waals surface area contributed by atoms with Crippen molar-refractivity contribution < 1.29 is 9.53 Å². The Morgan fingerprint density at radius 1 is 1.22 bits per heavy atom. The molecule has 0 saturated heterocycles. The molecule has 0 fully saturated rings. The quantitative estimate of drug-likeness (QED) is 0.885. The molecule has 0 aromatic heterocycles. The van der Waals surface area contributed by atoms with Gasteiger partial charge in [0.1, 0.15) is 5.75 Å². The van der Waals surface area contributed by atoms with Crippen LogP contribution in [0.1, 0.15) is 23.6 Å². The van der Waals surface area contributed by atoms with Crippen molar-refractivity contribution in [3.63, 3.8) is 0 Å². The summed E-state index contributed by atoms with van der Waals surface area (Å²) in [6.45, 7) is 6.73. The highest BCUT2D eigenvalue weighted by Crippen LogP contribution is 2.36. The molecule has 4 heteroatoms. The van der Waals surface area contributed by atoms with E-state index >= 15 is 0 Å². The Morgan fingerprint density at radius 2 is 2.00 bits per heavy atom. The van der Waals surface area contributed by atoms with Gasteiger partial charge in [-0.3, -0.25) is 4.79 Å². The molecule has 23 heavy (non-hydrogen) atoms. The van der Waals surface area contributed by atoms with Crippen molar-refractivity contribution in [1.82, 2.24) is 0 Å². The third-order valence-electron chi connectivity index (χ3n) is 4.52. The van der Waals surface area contributed by atoms with E-state index in [1.807, 2.05) is 19.1 Å². The number of hydrogen-bond donors (Lipinski definition) is 1. The van der Waals surface area contributed by atoms with Crippen molar-refractivity contribution >= 4 is 17.3 Å². The van der Waals surface area contributed by atoms with Crippen molar-refractivity contribution in [1.29, 1.82) is 0 Å². The van der Waals surface area contributed by atoms with E-state index in [1.165, 1.54) is 11.1 Å². The van der Waals surface area contributed by atoms with Crippen LogP contribution in [0.3, 0.4) is 0 Å². The van der Waals surface area contributed by atoms with Crippen LogP contribution >= 0.6 is 0 Å². The summed E-state index contributed by atoms with van der Waals surface area (Å²) in [6.07, 6.45) is 0.0821. The van der Waals surface area contributed by atoms with Gasteiger partial charge in [0.05, 0.1) is 5.69 Å². The Balaban J connectivity index is 1.94. The van der Waals surface area contributed by atoms with Crippen LogP contribution in [0.2, 0.25) is 0 Å². The summed E-state index contributed by atoms with van der Waals surface area (Å²) < 4.78 is 5.98. The Kier molecular flexibility index (Phi) is 3.99. The predicted molar refractivity (Wildman–Crippen MR) is 92.9 cm³/mol. The van der Waals surface area contributed by atoms with Crippen LogP contribution in [-0.4, -0.2) is 18.6 Å². The number of nitrogens with zero attached hydrogens (tertiary/aromatic N) is 1. The van der Waals surface area contributed by atoms with Gasteiger partial charge in [-0.25, -0.2) is 0 Å². The summed E-state index contributed by atoms with van der Waals surface area (Å²) in [4.78, 5) is 14.5. The molecule has 2 aromatic rings. The molecule has 1 aliphatic rings. The zero-order chi connectivity index (χ0) is 16.6. The van der Waals surface area contributed by atoms with E-state index in [1.54, 1.807) is 17.0 Å². The number of nitrogens with two attached hydrogens (primary N) is 1. The number of aryl methyl sites for hydroxylation is 1. The second-order valence-corrected chi connectivity index (χ2v) is 5.98. The number of rotatable bonds is 3. The van der Waals surface area contributed by atoms with Gasteiger partial charge in [0.2, 0.25) is 0 Å². The van der Waals surface area contributed by atoms with E-state index in [0.717, 1.165) is 17.0 Å². The highest BCUT2D eigenvalue weighted by Gasteiger charge is 2.34. The number of fused-ring (bicyclic) bond motifs is 1. The Bertz CT molecular complexity index is 755. The van der Waals surface area contributed by atoms with Crippen LogP contribution in [0.4, 0.5) is 11.4 Å². The Labute approximate surface area is 136 Å². The molecular weight excluding hydrogens is 288 g/mol. The lowest BCUT2D eigenvalue weighted by atomic mass is 9.97. The summed E-state index contributed by atoms with van der Waals surface area (Å²) in [5.41, 5.74) is 10.8. The largest absolute Gasteiger partial charge is 0.478 e. The monoisotopic (exact) mass is 310 g/mol. The second kappa shape index (κ2) is 5.95.